The van der Waals surface area contributed by atoms with Gasteiger partial charge in [0.15, 0.2) is 0 Å². The summed E-state index contributed by atoms with van der Waals surface area (Å²) in [4.78, 5) is 21.4. The Kier molecular flexibility index (Phi) is 5.86. The predicted molar refractivity (Wildman–Crippen MR) is 111 cm³/mol. The molecule has 9 heteroatoms. The summed E-state index contributed by atoms with van der Waals surface area (Å²) in [6, 6.07) is 7.25. The Morgan fingerprint density at radius 1 is 1.21 bits per heavy atom. The highest BCUT2D eigenvalue weighted by atomic mass is 79.9. The van der Waals surface area contributed by atoms with Crippen LogP contribution in [0.25, 0.3) is 10.2 Å². The van der Waals surface area contributed by atoms with Gasteiger partial charge >= 0.3 is 0 Å². The van der Waals surface area contributed by atoms with Gasteiger partial charge in [-0.25, -0.2) is 8.91 Å². The van der Waals surface area contributed by atoms with Crippen molar-refractivity contribution in [3.8, 4) is 5.75 Å². The molecule has 3 heterocycles. The third-order valence-electron chi connectivity index (χ3n) is 4.47. The molecule has 1 amide bonds. The van der Waals surface area contributed by atoms with Crippen LogP contribution in [0.1, 0.15) is 21.8 Å². The molecular formula is C19H18BrN3O4S. The number of amides is 1. The first-order chi connectivity index (χ1) is 13.7. The Morgan fingerprint density at radius 3 is 2.61 bits per heavy atom. The summed E-state index contributed by atoms with van der Waals surface area (Å²) < 4.78 is 19.1. The van der Waals surface area contributed by atoms with E-state index >= 15 is 0 Å². The van der Waals surface area contributed by atoms with Crippen molar-refractivity contribution < 1.29 is 19.0 Å². The fourth-order valence-corrected chi connectivity index (χ4v) is 4.63. The minimum absolute atomic E-state index is 0.101. The SMILES string of the molecule is COc1ccc(C2COCCOC2)c2sc(N(Br)C(=O)c3ccncc3)nc12. The zero-order valence-electron chi connectivity index (χ0n) is 15.1. The molecule has 7 nitrogen and oxygen atoms in total. The number of rotatable bonds is 4. The highest BCUT2D eigenvalue weighted by Crippen LogP contribution is 2.40. The summed E-state index contributed by atoms with van der Waals surface area (Å²) >= 11 is 4.79. The molecule has 0 aliphatic carbocycles. The minimum Gasteiger partial charge on any atom is -0.494 e. The van der Waals surface area contributed by atoms with Crippen LogP contribution in [0.15, 0.2) is 36.7 Å². The highest BCUT2D eigenvalue weighted by Gasteiger charge is 2.25. The maximum Gasteiger partial charge on any atom is 0.270 e. The van der Waals surface area contributed by atoms with Crippen molar-refractivity contribution in [3.63, 3.8) is 0 Å². The summed E-state index contributed by atoms with van der Waals surface area (Å²) in [7, 11) is 1.61. The van der Waals surface area contributed by atoms with Gasteiger partial charge in [0.05, 0.1) is 54.4 Å². The second-order valence-corrected chi connectivity index (χ2v) is 7.89. The number of hydrogen-bond acceptors (Lipinski definition) is 7. The average molecular weight is 464 g/mol. The summed E-state index contributed by atoms with van der Waals surface area (Å²) in [6.07, 6.45) is 3.17. The van der Waals surface area contributed by atoms with E-state index in [1.54, 1.807) is 31.6 Å². The van der Waals surface area contributed by atoms with E-state index in [4.69, 9.17) is 14.2 Å². The maximum absolute atomic E-state index is 12.8. The highest BCUT2D eigenvalue weighted by molar-refractivity contribution is 9.10. The molecule has 0 spiro atoms. The van der Waals surface area contributed by atoms with Crippen LogP contribution >= 0.6 is 27.5 Å². The molecule has 2 aromatic heterocycles. The number of fused-ring (bicyclic) bond motifs is 1. The molecule has 28 heavy (non-hydrogen) atoms. The van der Waals surface area contributed by atoms with Crippen LogP contribution in [0, 0.1) is 0 Å². The van der Waals surface area contributed by atoms with Gasteiger partial charge in [0.2, 0.25) is 5.13 Å². The van der Waals surface area contributed by atoms with Gasteiger partial charge in [-0.3, -0.25) is 9.78 Å². The Hall–Kier alpha value is -2.07. The molecule has 0 bridgehead atoms. The van der Waals surface area contributed by atoms with Gasteiger partial charge in [0, 0.05) is 23.9 Å². The lowest BCUT2D eigenvalue weighted by Crippen LogP contribution is -2.19. The number of methoxy groups -OCH3 is 1. The fraction of sp³-hybridized carbons (Fsp3) is 0.316. The first kappa shape index (κ1) is 19.3. The summed E-state index contributed by atoms with van der Waals surface area (Å²) in [5, 5.41) is 0.526. The molecule has 1 aromatic carbocycles. The van der Waals surface area contributed by atoms with Gasteiger partial charge in [-0.1, -0.05) is 17.4 Å². The molecule has 3 aromatic rings. The van der Waals surface area contributed by atoms with E-state index in [1.807, 2.05) is 12.1 Å². The van der Waals surface area contributed by atoms with Gasteiger partial charge in [-0.2, -0.15) is 0 Å². The third-order valence-corrected chi connectivity index (χ3v) is 6.45. The summed E-state index contributed by atoms with van der Waals surface area (Å²) in [5.41, 5.74) is 2.32. The molecule has 0 radical (unpaired) electrons. The van der Waals surface area contributed by atoms with Crippen LogP contribution in [-0.4, -0.2) is 49.4 Å². The third kappa shape index (κ3) is 3.75. The number of carbonyl (C=O) groups is 1. The van der Waals surface area contributed by atoms with Crippen molar-refractivity contribution in [1.82, 2.24) is 9.97 Å². The van der Waals surface area contributed by atoms with Crippen LogP contribution in [0.3, 0.4) is 0 Å². The molecule has 0 N–H and O–H groups in total. The molecular weight excluding hydrogens is 446 g/mol. The van der Waals surface area contributed by atoms with E-state index in [-0.39, 0.29) is 11.8 Å². The van der Waals surface area contributed by atoms with E-state index in [0.717, 1.165) is 15.8 Å². The molecule has 1 aliphatic heterocycles. The van der Waals surface area contributed by atoms with Crippen LogP contribution < -0.4 is 8.66 Å². The first-order valence-corrected chi connectivity index (χ1v) is 10.2. The number of ether oxygens (including phenoxy) is 3. The molecule has 4 rings (SSSR count). The van der Waals surface area contributed by atoms with Crippen LogP contribution in [0.5, 0.6) is 5.75 Å². The van der Waals surface area contributed by atoms with Crippen molar-refractivity contribution in [2.75, 3.05) is 37.5 Å². The lowest BCUT2D eigenvalue weighted by molar-refractivity contribution is 0.101. The standard InChI is InChI=1S/C19H18BrN3O4S/c1-25-15-3-2-14(13-10-26-8-9-27-11-13)17-16(15)22-19(28-17)23(20)18(24)12-4-6-21-7-5-12/h2-7,13H,8-11H2,1H3. The molecule has 0 unspecified atom stereocenters. The average Bonchev–Trinajstić information content (AvgIpc) is 3.01. The van der Waals surface area contributed by atoms with Gasteiger partial charge < -0.3 is 14.2 Å². The van der Waals surface area contributed by atoms with Gasteiger partial charge in [0.25, 0.3) is 5.91 Å². The van der Waals surface area contributed by atoms with E-state index in [0.29, 0.717) is 42.9 Å². The predicted octanol–water partition coefficient (Wildman–Crippen LogP) is 3.79. The van der Waals surface area contributed by atoms with E-state index in [1.165, 1.54) is 15.3 Å². The van der Waals surface area contributed by atoms with E-state index < -0.39 is 0 Å². The smallest absolute Gasteiger partial charge is 0.270 e. The molecule has 0 atom stereocenters. The quantitative estimate of drug-likeness (QED) is 0.548. The summed E-state index contributed by atoms with van der Waals surface area (Å²) in [5.74, 6) is 0.543. The fourth-order valence-electron chi connectivity index (χ4n) is 3.05. The van der Waals surface area contributed by atoms with Crippen molar-refractivity contribution in [2.45, 2.75) is 5.92 Å². The van der Waals surface area contributed by atoms with Crippen LogP contribution in [-0.2, 0) is 9.47 Å². The molecule has 0 saturated carbocycles. The Morgan fingerprint density at radius 2 is 1.93 bits per heavy atom. The molecule has 1 fully saturated rings. The van der Waals surface area contributed by atoms with Crippen molar-refractivity contribution in [1.29, 1.82) is 0 Å². The minimum atomic E-state index is -0.219. The first-order valence-electron chi connectivity index (χ1n) is 8.72. The number of halogens is 1. The summed E-state index contributed by atoms with van der Waals surface area (Å²) in [6.45, 7) is 2.37. The van der Waals surface area contributed by atoms with Crippen LogP contribution in [0.2, 0.25) is 0 Å². The van der Waals surface area contributed by atoms with Gasteiger partial charge in [-0.05, 0) is 23.8 Å². The van der Waals surface area contributed by atoms with Gasteiger partial charge in [-0.15, -0.1) is 0 Å². The number of nitrogens with zero attached hydrogens (tertiary/aromatic N) is 3. The van der Waals surface area contributed by atoms with Crippen molar-refractivity contribution in [3.05, 3.63) is 47.8 Å². The van der Waals surface area contributed by atoms with Crippen molar-refractivity contribution >= 4 is 48.7 Å². The number of thiazole rings is 1. The largest absolute Gasteiger partial charge is 0.494 e. The lowest BCUT2D eigenvalue weighted by atomic mass is 10.0. The maximum atomic E-state index is 12.8. The monoisotopic (exact) mass is 463 g/mol. The molecule has 1 aliphatic rings. The second kappa shape index (κ2) is 8.52. The van der Waals surface area contributed by atoms with Crippen molar-refractivity contribution in [2.24, 2.45) is 0 Å². The molecule has 1 saturated heterocycles. The van der Waals surface area contributed by atoms with Crippen LogP contribution in [0.4, 0.5) is 5.13 Å². The van der Waals surface area contributed by atoms with E-state index in [9.17, 15) is 4.79 Å². The normalized spacial score (nSPS) is 15.4. The zero-order chi connectivity index (χ0) is 19.5. The number of benzene rings is 1. The zero-order valence-corrected chi connectivity index (χ0v) is 17.5. The number of aromatic nitrogens is 2. The topological polar surface area (TPSA) is 73.8 Å². The number of carbonyl (C=O) groups excluding carboxylic acids is 1. The van der Waals surface area contributed by atoms with Gasteiger partial charge in [0.1, 0.15) is 11.3 Å². The lowest BCUT2D eigenvalue weighted by Gasteiger charge is -2.15. The molecule has 146 valence electrons. The Bertz CT molecular complexity index is 974. The number of anilines is 1. The Labute approximate surface area is 174 Å². The number of pyridine rings is 1. The van der Waals surface area contributed by atoms with E-state index in [2.05, 4.69) is 26.1 Å². The number of hydrogen-bond donors (Lipinski definition) is 0. The Balaban J connectivity index is 1.74. The second-order valence-electron chi connectivity index (χ2n) is 6.20.